The van der Waals surface area contributed by atoms with E-state index in [0.29, 0.717) is 17.2 Å². The maximum Gasteiger partial charge on any atom is 0.152 e. The van der Waals surface area contributed by atoms with E-state index in [-0.39, 0.29) is 0 Å². The third kappa shape index (κ3) is 2.44. The zero-order valence-corrected chi connectivity index (χ0v) is 9.90. The van der Waals surface area contributed by atoms with Crippen molar-refractivity contribution in [2.24, 2.45) is 0 Å². The van der Waals surface area contributed by atoms with Gasteiger partial charge in [0.15, 0.2) is 5.82 Å². The lowest BCUT2D eigenvalue weighted by molar-refractivity contribution is 0.473. The highest BCUT2D eigenvalue weighted by atomic mass is 19.1. The van der Waals surface area contributed by atoms with Gasteiger partial charge in [-0.05, 0) is 30.3 Å². The van der Waals surface area contributed by atoms with E-state index in [4.69, 9.17) is 4.74 Å². The molecular formula is C14H10FN3O. The van der Waals surface area contributed by atoms with E-state index in [1.54, 1.807) is 55.1 Å². The van der Waals surface area contributed by atoms with Crippen molar-refractivity contribution in [3.63, 3.8) is 0 Å². The molecule has 0 fully saturated rings. The zero-order valence-electron chi connectivity index (χ0n) is 9.90. The average Bonchev–Trinajstić information content (AvgIpc) is 2.94. The Hall–Kier alpha value is -2.69. The highest BCUT2D eigenvalue weighted by Crippen LogP contribution is 2.24. The molecule has 2 aromatic heterocycles. The summed E-state index contributed by atoms with van der Waals surface area (Å²) < 4.78 is 20.9. The Kier molecular flexibility index (Phi) is 2.94. The first-order chi connectivity index (χ1) is 9.33. The molecule has 0 radical (unpaired) electrons. The van der Waals surface area contributed by atoms with Crippen molar-refractivity contribution in [1.82, 2.24) is 14.8 Å². The number of benzene rings is 1. The number of aromatic nitrogens is 3. The van der Waals surface area contributed by atoms with Crippen molar-refractivity contribution < 1.29 is 9.13 Å². The van der Waals surface area contributed by atoms with Gasteiger partial charge in [-0.2, -0.15) is 5.10 Å². The van der Waals surface area contributed by atoms with Gasteiger partial charge in [0.1, 0.15) is 17.2 Å². The Balaban J connectivity index is 1.88. The smallest absolute Gasteiger partial charge is 0.152 e. The number of hydrogen-bond acceptors (Lipinski definition) is 3. The average molecular weight is 255 g/mol. The van der Waals surface area contributed by atoms with Gasteiger partial charge < -0.3 is 4.74 Å². The summed E-state index contributed by atoms with van der Waals surface area (Å²) >= 11 is 0. The highest BCUT2D eigenvalue weighted by molar-refractivity contribution is 5.40. The SMILES string of the molecule is Fc1cc(Oc2cccnc2)ccc1-n1cccn1. The molecule has 3 aromatic rings. The van der Waals surface area contributed by atoms with E-state index in [2.05, 4.69) is 10.1 Å². The van der Waals surface area contributed by atoms with E-state index in [0.717, 1.165) is 0 Å². The Morgan fingerprint density at radius 2 is 2.00 bits per heavy atom. The molecule has 4 nitrogen and oxygen atoms in total. The third-order valence-electron chi connectivity index (χ3n) is 2.54. The van der Waals surface area contributed by atoms with Gasteiger partial charge in [0.2, 0.25) is 0 Å². The minimum atomic E-state index is -0.398. The lowest BCUT2D eigenvalue weighted by atomic mass is 10.3. The Morgan fingerprint density at radius 3 is 2.68 bits per heavy atom. The van der Waals surface area contributed by atoms with Gasteiger partial charge in [0.25, 0.3) is 0 Å². The lowest BCUT2D eigenvalue weighted by Crippen LogP contribution is -1.98. The van der Waals surface area contributed by atoms with Gasteiger partial charge in [-0.15, -0.1) is 0 Å². The molecule has 0 saturated carbocycles. The zero-order chi connectivity index (χ0) is 13.1. The molecule has 0 bridgehead atoms. The maximum atomic E-state index is 14.0. The summed E-state index contributed by atoms with van der Waals surface area (Å²) in [6.07, 6.45) is 6.49. The summed E-state index contributed by atoms with van der Waals surface area (Å²) in [6, 6.07) is 9.88. The quantitative estimate of drug-likeness (QED) is 0.721. The molecule has 0 N–H and O–H groups in total. The Bertz CT molecular complexity index is 668. The van der Waals surface area contributed by atoms with Crippen LogP contribution in [0.5, 0.6) is 11.5 Å². The number of pyridine rings is 1. The highest BCUT2D eigenvalue weighted by Gasteiger charge is 2.07. The second-order valence-electron chi connectivity index (χ2n) is 3.85. The molecule has 0 saturated heterocycles. The summed E-state index contributed by atoms with van der Waals surface area (Å²) in [6.45, 7) is 0. The molecule has 19 heavy (non-hydrogen) atoms. The van der Waals surface area contributed by atoms with Crippen LogP contribution in [0, 0.1) is 5.82 Å². The van der Waals surface area contributed by atoms with Crippen molar-refractivity contribution >= 4 is 0 Å². The predicted molar refractivity (Wildman–Crippen MR) is 67.8 cm³/mol. The molecule has 0 aliphatic heterocycles. The minimum absolute atomic E-state index is 0.378. The topological polar surface area (TPSA) is 39.9 Å². The summed E-state index contributed by atoms with van der Waals surface area (Å²) in [7, 11) is 0. The fourth-order valence-electron chi connectivity index (χ4n) is 1.69. The number of hydrogen-bond donors (Lipinski definition) is 0. The molecular weight excluding hydrogens is 245 g/mol. The normalized spacial score (nSPS) is 10.4. The summed E-state index contributed by atoms with van der Waals surface area (Å²) in [4.78, 5) is 3.93. The van der Waals surface area contributed by atoms with Crippen LogP contribution < -0.4 is 4.74 Å². The van der Waals surface area contributed by atoms with Crippen molar-refractivity contribution in [1.29, 1.82) is 0 Å². The van der Waals surface area contributed by atoms with Crippen LogP contribution in [0.2, 0.25) is 0 Å². The third-order valence-corrected chi connectivity index (χ3v) is 2.54. The monoisotopic (exact) mass is 255 g/mol. The van der Waals surface area contributed by atoms with Crippen LogP contribution in [0.15, 0.2) is 61.2 Å². The molecule has 5 heteroatoms. The van der Waals surface area contributed by atoms with Crippen LogP contribution in [0.1, 0.15) is 0 Å². The molecule has 0 aliphatic carbocycles. The molecule has 0 unspecified atom stereocenters. The molecule has 0 aliphatic rings. The van der Waals surface area contributed by atoms with Crippen LogP contribution in [0.4, 0.5) is 4.39 Å². The van der Waals surface area contributed by atoms with Crippen molar-refractivity contribution in [3.8, 4) is 17.2 Å². The number of nitrogens with zero attached hydrogens (tertiary/aromatic N) is 3. The van der Waals surface area contributed by atoms with Crippen molar-refractivity contribution in [3.05, 3.63) is 67.0 Å². The standard InChI is InChI=1S/C14H10FN3O/c15-13-9-11(19-12-3-1-6-16-10-12)4-5-14(13)18-8-2-7-17-18/h1-10H. The second-order valence-corrected chi connectivity index (χ2v) is 3.85. The van der Waals surface area contributed by atoms with Crippen molar-refractivity contribution in [2.75, 3.05) is 0 Å². The molecule has 94 valence electrons. The van der Waals surface area contributed by atoms with Gasteiger partial charge in [0.05, 0.1) is 6.20 Å². The fraction of sp³-hybridized carbons (Fsp3) is 0. The van der Waals surface area contributed by atoms with Gasteiger partial charge in [-0.1, -0.05) is 0 Å². The largest absolute Gasteiger partial charge is 0.456 e. The van der Waals surface area contributed by atoms with Crippen LogP contribution >= 0.6 is 0 Å². The minimum Gasteiger partial charge on any atom is -0.456 e. The number of ether oxygens (including phenoxy) is 1. The van der Waals surface area contributed by atoms with E-state index < -0.39 is 5.82 Å². The fourth-order valence-corrected chi connectivity index (χ4v) is 1.69. The van der Waals surface area contributed by atoms with Crippen molar-refractivity contribution in [2.45, 2.75) is 0 Å². The first-order valence-electron chi connectivity index (χ1n) is 5.70. The molecule has 0 amide bonds. The molecule has 3 rings (SSSR count). The van der Waals surface area contributed by atoms with Gasteiger partial charge >= 0.3 is 0 Å². The molecule has 0 spiro atoms. The van der Waals surface area contributed by atoms with Crippen LogP contribution in [0.3, 0.4) is 0 Å². The summed E-state index contributed by atoms with van der Waals surface area (Å²) in [5.41, 5.74) is 0.378. The van der Waals surface area contributed by atoms with Crippen LogP contribution in [0.25, 0.3) is 5.69 Å². The van der Waals surface area contributed by atoms with E-state index in [9.17, 15) is 4.39 Å². The van der Waals surface area contributed by atoms with Crippen LogP contribution in [-0.4, -0.2) is 14.8 Å². The predicted octanol–water partition coefficient (Wildman–Crippen LogP) is 3.20. The molecule has 2 heterocycles. The first kappa shape index (κ1) is 11.4. The number of halogens is 1. The van der Waals surface area contributed by atoms with Gasteiger partial charge in [0, 0.05) is 24.7 Å². The van der Waals surface area contributed by atoms with E-state index in [1.165, 1.54) is 10.7 Å². The van der Waals surface area contributed by atoms with Gasteiger partial charge in [-0.25, -0.2) is 9.07 Å². The number of rotatable bonds is 3. The second kappa shape index (κ2) is 4.89. The summed E-state index contributed by atoms with van der Waals surface area (Å²) in [5.74, 6) is 0.584. The lowest BCUT2D eigenvalue weighted by Gasteiger charge is -2.07. The first-order valence-corrected chi connectivity index (χ1v) is 5.70. The molecule has 0 atom stereocenters. The summed E-state index contributed by atoms with van der Waals surface area (Å²) in [5, 5.41) is 3.99. The maximum absolute atomic E-state index is 14.0. The Labute approximate surface area is 109 Å². The Morgan fingerprint density at radius 1 is 1.05 bits per heavy atom. The van der Waals surface area contributed by atoms with E-state index in [1.807, 2.05) is 0 Å². The van der Waals surface area contributed by atoms with Crippen LogP contribution in [-0.2, 0) is 0 Å². The molecule has 1 aromatic carbocycles. The van der Waals surface area contributed by atoms with Gasteiger partial charge in [-0.3, -0.25) is 4.98 Å². The van der Waals surface area contributed by atoms with E-state index >= 15 is 0 Å².